The van der Waals surface area contributed by atoms with Crippen LogP contribution in [0.5, 0.6) is 17.4 Å². The predicted molar refractivity (Wildman–Crippen MR) is 107 cm³/mol. The lowest BCUT2D eigenvalue weighted by molar-refractivity contribution is 0.0943. The van der Waals surface area contributed by atoms with Gasteiger partial charge in [0, 0.05) is 25.2 Å². The lowest BCUT2D eigenvalue weighted by atomic mass is 10.1. The van der Waals surface area contributed by atoms with Crippen molar-refractivity contribution < 1.29 is 23.7 Å². The van der Waals surface area contributed by atoms with E-state index in [1.54, 1.807) is 25.3 Å². The minimum Gasteiger partial charge on any atom is -0.497 e. The molecule has 0 spiro atoms. The first-order valence-electron chi connectivity index (χ1n) is 9.42. The monoisotopic (exact) mass is 402 g/mol. The average Bonchev–Trinajstić information content (AvgIpc) is 2.76. The van der Waals surface area contributed by atoms with Crippen molar-refractivity contribution in [1.29, 1.82) is 0 Å². The first-order chi connectivity index (χ1) is 14.1. The number of ether oxygens (including phenoxy) is 4. The molecule has 9 heteroatoms. The molecule has 1 aliphatic rings. The number of methoxy groups -OCH3 is 2. The van der Waals surface area contributed by atoms with E-state index in [-0.39, 0.29) is 12.5 Å². The third-order valence-electron chi connectivity index (χ3n) is 4.43. The second-order valence-corrected chi connectivity index (χ2v) is 6.38. The van der Waals surface area contributed by atoms with Crippen LogP contribution in [-0.4, -0.2) is 69.5 Å². The Morgan fingerprint density at radius 1 is 1.17 bits per heavy atom. The quantitative estimate of drug-likeness (QED) is 0.663. The van der Waals surface area contributed by atoms with Gasteiger partial charge in [-0.05, 0) is 19.1 Å². The highest BCUT2D eigenvalue weighted by Gasteiger charge is 2.15. The minimum absolute atomic E-state index is 0.249. The first kappa shape index (κ1) is 20.7. The van der Waals surface area contributed by atoms with E-state index in [2.05, 4.69) is 20.2 Å². The maximum atomic E-state index is 12.4. The highest BCUT2D eigenvalue weighted by atomic mass is 16.5. The van der Waals surface area contributed by atoms with Gasteiger partial charge >= 0.3 is 0 Å². The molecule has 0 bridgehead atoms. The summed E-state index contributed by atoms with van der Waals surface area (Å²) in [5.41, 5.74) is 0.431. The zero-order valence-corrected chi connectivity index (χ0v) is 16.9. The van der Waals surface area contributed by atoms with Gasteiger partial charge in [-0.3, -0.25) is 4.79 Å². The van der Waals surface area contributed by atoms with Crippen LogP contribution in [0.25, 0.3) is 0 Å². The fraction of sp³-hybridized carbons (Fsp3) is 0.450. The van der Waals surface area contributed by atoms with Gasteiger partial charge in [-0.25, -0.2) is 4.98 Å². The third-order valence-corrected chi connectivity index (χ3v) is 4.43. The molecule has 1 N–H and O–H groups in total. The number of nitrogens with one attached hydrogen (secondary N) is 1. The third kappa shape index (κ3) is 5.47. The molecule has 1 fully saturated rings. The summed E-state index contributed by atoms with van der Waals surface area (Å²) in [5.74, 6) is 2.76. The number of amides is 1. The summed E-state index contributed by atoms with van der Waals surface area (Å²) in [6.45, 7) is 5.37. The highest BCUT2D eigenvalue weighted by molar-refractivity contribution is 5.97. The SMILES string of the molecule is COc1ccc(C(=O)NCCOc2cc(N3CCOCC3)nc(C)n2)c(OC)c1. The number of nitrogens with zero attached hydrogens (tertiary/aromatic N) is 3. The topological polar surface area (TPSA) is 95.0 Å². The molecule has 0 radical (unpaired) electrons. The average molecular weight is 402 g/mol. The lowest BCUT2D eigenvalue weighted by Gasteiger charge is -2.28. The number of hydrogen-bond donors (Lipinski definition) is 1. The van der Waals surface area contributed by atoms with Crippen molar-refractivity contribution in [3.05, 3.63) is 35.7 Å². The molecule has 0 aliphatic carbocycles. The summed E-state index contributed by atoms with van der Waals surface area (Å²) in [6, 6.07) is 6.86. The Kier molecular flexibility index (Phi) is 7.07. The van der Waals surface area contributed by atoms with Crippen molar-refractivity contribution in [2.45, 2.75) is 6.92 Å². The molecule has 2 aromatic rings. The fourth-order valence-electron chi connectivity index (χ4n) is 2.96. The predicted octanol–water partition coefficient (Wildman–Crippen LogP) is 1.45. The molecule has 1 aliphatic heterocycles. The van der Waals surface area contributed by atoms with Crippen LogP contribution in [0.3, 0.4) is 0 Å². The maximum Gasteiger partial charge on any atom is 0.255 e. The number of rotatable bonds is 8. The Labute approximate surface area is 169 Å². The number of carbonyl (C=O) groups is 1. The largest absolute Gasteiger partial charge is 0.497 e. The Morgan fingerprint density at radius 3 is 2.69 bits per heavy atom. The highest BCUT2D eigenvalue weighted by Crippen LogP contribution is 2.24. The van der Waals surface area contributed by atoms with E-state index in [0.717, 1.165) is 18.9 Å². The zero-order valence-electron chi connectivity index (χ0n) is 16.9. The number of benzene rings is 1. The molecule has 9 nitrogen and oxygen atoms in total. The molecule has 0 saturated carbocycles. The van der Waals surface area contributed by atoms with Crippen LogP contribution in [0.15, 0.2) is 24.3 Å². The molecule has 0 unspecified atom stereocenters. The van der Waals surface area contributed by atoms with Gasteiger partial charge in [0.15, 0.2) is 0 Å². The van der Waals surface area contributed by atoms with Crippen molar-refractivity contribution in [3.8, 4) is 17.4 Å². The molecule has 1 aromatic carbocycles. The molecule has 1 saturated heterocycles. The van der Waals surface area contributed by atoms with Crippen LogP contribution in [0.2, 0.25) is 0 Å². The summed E-state index contributed by atoms with van der Waals surface area (Å²) in [5, 5.41) is 2.82. The van der Waals surface area contributed by atoms with Crippen molar-refractivity contribution in [3.63, 3.8) is 0 Å². The van der Waals surface area contributed by atoms with Crippen LogP contribution in [-0.2, 0) is 4.74 Å². The number of morpholine rings is 1. The smallest absolute Gasteiger partial charge is 0.255 e. The molecule has 156 valence electrons. The fourth-order valence-corrected chi connectivity index (χ4v) is 2.96. The number of aryl methyl sites for hydroxylation is 1. The summed E-state index contributed by atoms with van der Waals surface area (Å²) >= 11 is 0. The van der Waals surface area contributed by atoms with Crippen LogP contribution in [0.4, 0.5) is 5.82 Å². The Balaban J connectivity index is 1.54. The second-order valence-electron chi connectivity index (χ2n) is 6.38. The second kappa shape index (κ2) is 9.92. The maximum absolute atomic E-state index is 12.4. The van der Waals surface area contributed by atoms with E-state index in [1.807, 2.05) is 13.0 Å². The van der Waals surface area contributed by atoms with E-state index in [4.69, 9.17) is 18.9 Å². The first-order valence-corrected chi connectivity index (χ1v) is 9.42. The van der Waals surface area contributed by atoms with Crippen molar-refractivity contribution >= 4 is 11.7 Å². The van der Waals surface area contributed by atoms with Crippen molar-refractivity contribution in [2.75, 3.05) is 58.6 Å². The molecular weight excluding hydrogens is 376 g/mol. The Hall–Kier alpha value is -3.07. The minimum atomic E-state index is -0.249. The van der Waals surface area contributed by atoms with Gasteiger partial charge in [0.2, 0.25) is 5.88 Å². The van der Waals surface area contributed by atoms with Gasteiger partial charge in [-0.2, -0.15) is 4.98 Å². The summed E-state index contributed by atoms with van der Waals surface area (Å²) in [6.07, 6.45) is 0. The summed E-state index contributed by atoms with van der Waals surface area (Å²) in [7, 11) is 3.07. The molecule has 2 heterocycles. The van der Waals surface area contributed by atoms with E-state index in [0.29, 0.717) is 48.5 Å². The number of aromatic nitrogens is 2. The lowest BCUT2D eigenvalue weighted by Crippen LogP contribution is -2.37. The Morgan fingerprint density at radius 2 is 1.97 bits per heavy atom. The van der Waals surface area contributed by atoms with Gasteiger partial charge in [0.05, 0.1) is 39.5 Å². The zero-order chi connectivity index (χ0) is 20.6. The van der Waals surface area contributed by atoms with Gasteiger partial charge in [-0.1, -0.05) is 0 Å². The van der Waals surface area contributed by atoms with Crippen LogP contribution >= 0.6 is 0 Å². The van der Waals surface area contributed by atoms with E-state index >= 15 is 0 Å². The summed E-state index contributed by atoms with van der Waals surface area (Å²) in [4.78, 5) is 23.3. The molecule has 3 rings (SSSR count). The number of hydrogen-bond acceptors (Lipinski definition) is 8. The van der Waals surface area contributed by atoms with Crippen LogP contribution in [0.1, 0.15) is 16.2 Å². The van der Waals surface area contributed by atoms with E-state index < -0.39 is 0 Å². The van der Waals surface area contributed by atoms with Gasteiger partial charge in [0.25, 0.3) is 5.91 Å². The van der Waals surface area contributed by atoms with E-state index in [1.165, 1.54) is 7.11 Å². The van der Waals surface area contributed by atoms with Gasteiger partial charge in [0.1, 0.15) is 29.7 Å². The standard InChI is InChI=1S/C20H26N4O5/c1-14-22-18(24-7-10-28-11-8-24)13-19(23-14)29-9-6-21-20(25)16-5-4-15(26-2)12-17(16)27-3/h4-5,12-13H,6-11H2,1-3H3,(H,21,25). The van der Waals surface area contributed by atoms with Gasteiger partial charge < -0.3 is 29.2 Å². The van der Waals surface area contributed by atoms with Crippen molar-refractivity contribution in [1.82, 2.24) is 15.3 Å². The van der Waals surface area contributed by atoms with Crippen molar-refractivity contribution in [2.24, 2.45) is 0 Å². The van der Waals surface area contributed by atoms with Crippen LogP contribution in [0, 0.1) is 6.92 Å². The molecule has 1 amide bonds. The summed E-state index contributed by atoms with van der Waals surface area (Å²) < 4.78 is 21.5. The molecule has 29 heavy (non-hydrogen) atoms. The number of anilines is 1. The number of carbonyl (C=O) groups excluding carboxylic acids is 1. The molecular formula is C20H26N4O5. The molecule has 0 atom stereocenters. The van der Waals surface area contributed by atoms with E-state index in [9.17, 15) is 4.79 Å². The molecule has 1 aromatic heterocycles. The van der Waals surface area contributed by atoms with Crippen LogP contribution < -0.4 is 24.4 Å². The Bertz CT molecular complexity index is 840. The van der Waals surface area contributed by atoms with Gasteiger partial charge in [-0.15, -0.1) is 0 Å². The normalized spacial score (nSPS) is 13.7.